The molecule has 1 amide bonds. The number of benzene rings is 1. The first-order valence-corrected chi connectivity index (χ1v) is 10.4. The molecule has 3 aliphatic heterocycles. The lowest BCUT2D eigenvalue weighted by Gasteiger charge is -2.29. The largest absolute Gasteiger partial charge is 0.370 e. The number of fused-ring (bicyclic) bond motifs is 1. The van der Waals surface area contributed by atoms with E-state index in [1.165, 1.54) is 5.69 Å². The van der Waals surface area contributed by atoms with Crippen molar-refractivity contribution in [1.82, 2.24) is 20.0 Å². The van der Waals surface area contributed by atoms with Crippen LogP contribution in [-0.2, 0) is 16.1 Å². The molecule has 0 aliphatic carbocycles. The third-order valence-electron chi connectivity index (χ3n) is 6.82. The minimum absolute atomic E-state index is 0.0100. The standard InChI is InChI=1S/C22H28N4O2/c1-2-21(27)23-12-18-19-14-25(15-22(19)10-8-20(18)28-22)13-17-9-11-24-26(17)16-6-4-3-5-7-16/h3-7,9,11,18-20H,2,8,10,12-15H2,1H3,(H,23,27)/t18-,19+,20+,22+/m0/s1. The van der Waals surface area contributed by atoms with Gasteiger partial charge < -0.3 is 10.1 Å². The van der Waals surface area contributed by atoms with Crippen LogP contribution in [0, 0.1) is 11.8 Å². The molecule has 2 aromatic rings. The summed E-state index contributed by atoms with van der Waals surface area (Å²) in [6, 6.07) is 12.4. The normalized spacial score (nSPS) is 31.2. The second kappa shape index (κ2) is 7.01. The molecule has 0 radical (unpaired) electrons. The van der Waals surface area contributed by atoms with E-state index in [2.05, 4.69) is 33.5 Å². The highest BCUT2D eigenvalue weighted by atomic mass is 16.5. The molecule has 1 aromatic carbocycles. The number of rotatable bonds is 6. The van der Waals surface area contributed by atoms with Crippen LogP contribution in [0.2, 0.25) is 0 Å². The number of nitrogens with zero attached hydrogens (tertiary/aromatic N) is 3. The quantitative estimate of drug-likeness (QED) is 0.836. The third kappa shape index (κ3) is 2.95. The van der Waals surface area contributed by atoms with Gasteiger partial charge in [0, 0.05) is 50.6 Å². The number of carbonyl (C=O) groups excluding carboxylic acids is 1. The average Bonchev–Trinajstić information content (AvgIpc) is 3.47. The van der Waals surface area contributed by atoms with Gasteiger partial charge >= 0.3 is 0 Å². The number of aromatic nitrogens is 2. The summed E-state index contributed by atoms with van der Waals surface area (Å²) >= 11 is 0. The maximum atomic E-state index is 11.7. The van der Waals surface area contributed by atoms with Gasteiger partial charge in [-0.25, -0.2) is 4.68 Å². The summed E-state index contributed by atoms with van der Waals surface area (Å²) in [6.45, 7) is 5.53. The number of hydrogen-bond donors (Lipinski definition) is 1. The molecule has 1 aromatic heterocycles. The lowest BCUT2D eigenvalue weighted by atomic mass is 9.73. The third-order valence-corrected chi connectivity index (χ3v) is 6.82. The minimum Gasteiger partial charge on any atom is -0.370 e. The highest BCUT2D eigenvalue weighted by molar-refractivity contribution is 5.75. The Labute approximate surface area is 165 Å². The van der Waals surface area contributed by atoms with Crippen molar-refractivity contribution < 1.29 is 9.53 Å². The number of carbonyl (C=O) groups is 1. The highest BCUT2D eigenvalue weighted by Gasteiger charge is 2.62. The number of para-hydroxylation sites is 1. The maximum absolute atomic E-state index is 11.7. The summed E-state index contributed by atoms with van der Waals surface area (Å²) in [7, 11) is 0. The lowest BCUT2D eigenvalue weighted by Crippen LogP contribution is -2.41. The molecule has 3 aliphatic rings. The molecule has 6 nitrogen and oxygen atoms in total. The Morgan fingerprint density at radius 3 is 3.00 bits per heavy atom. The Bertz CT molecular complexity index is 851. The van der Waals surface area contributed by atoms with Crippen LogP contribution in [-0.4, -0.2) is 51.9 Å². The van der Waals surface area contributed by atoms with Gasteiger partial charge in [0.05, 0.1) is 23.1 Å². The summed E-state index contributed by atoms with van der Waals surface area (Å²) in [5, 5.41) is 7.64. The van der Waals surface area contributed by atoms with Crippen molar-refractivity contribution in [2.75, 3.05) is 19.6 Å². The molecule has 2 bridgehead atoms. The van der Waals surface area contributed by atoms with E-state index in [0.29, 0.717) is 24.4 Å². The van der Waals surface area contributed by atoms with E-state index in [1.807, 2.05) is 36.0 Å². The molecule has 6 heteroatoms. The van der Waals surface area contributed by atoms with Crippen LogP contribution in [0.3, 0.4) is 0 Å². The predicted octanol–water partition coefficient (Wildman–Crippen LogP) is 2.38. The Morgan fingerprint density at radius 2 is 2.18 bits per heavy atom. The van der Waals surface area contributed by atoms with E-state index in [-0.39, 0.29) is 11.5 Å². The van der Waals surface area contributed by atoms with Gasteiger partial charge in [0.25, 0.3) is 0 Å². The first-order chi connectivity index (χ1) is 13.7. The Hall–Kier alpha value is -2.18. The van der Waals surface area contributed by atoms with Gasteiger partial charge in [-0.1, -0.05) is 25.1 Å². The first kappa shape index (κ1) is 17.9. The van der Waals surface area contributed by atoms with E-state index in [9.17, 15) is 4.79 Å². The molecular formula is C22H28N4O2. The van der Waals surface area contributed by atoms with Gasteiger partial charge in [-0.15, -0.1) is 0 Å². The molecule has 28 heavy (non-hydrogen) atoms. The van der Waals surface area contributed by atoms with E-state index < -0.39 is 0 Å². The van der Waals surface area contributed by atoms with Crippen LogP contribution in [0.5, 0.6) is 0 Å². The molecule has 4 heterocycles. The van der Waals surface area contributed by atoms with Gasteiger partial charge in [0.15, 0.2) is 0 Å². The molecule has 0 saturated carbocycles. The molecule has 3 saturated heterocycles. The first-order valence-electron chi connectivity index (χ1n) is 10.4. The average molecular weight is 380 g/mol. The number of nitrogens with one attached hydrogen (secondary N) is 1. The molecule has 0 unspecified atom stereocenters. The van der Waals surface area contributed by atoms with Gasteiger partial charge in [-0.3, -0.25) is 9.69 Å². The maximum Gasteiger partial charge on any atom is 0.219 e. The van der Waals surface area contributed by atoms with Crippen LogP contribution in [0.25, 0.3) is 5.69 Å². The molecule has 1 N–H and O–H groups in total. The SMILES string of the molecule is CCC(=O)NC[C@H]1[C@H]2CN(Cc3ccnn3-c3ccccc3)C[C@]23CC[C@H]1O3. The molecule has 1 spiro atoms. The molecular weight excluding hydrogens is 352 g/mol. The fraction of sp³-hybridized carbons (Fsp3) is 0.545. The monoisotopic (exact) mass is 380 g/mol. The summed E-state index contributed by atoms with van der Waals surface area (Å²) in [6.07, 6.45) is 5.01. The van der Waals surface area contributed by atoms with Crippen LogP contribution >= 0.6 is 0 Å². The summed E-state index contributed by atoms with van der Waals surface area (Å²) in [5.74, 6) is 1.09. The Morgan fingerprint density at radius 1 is 1.32 bits per heavy atom. The van der Waals surface area contributed by atoms with Crippen molar-refractivity contribution in [3.8, 4) is 5.69 Å². The van der Waals surface area contributed by atoms with Gasteiger partial charge in [-0.05, 0) is 31.0 Å². The summed E-state index contributed by atoms with van der Waals surface area (Å²) < 4.78 is 8.54. The molecule has 5 rings (SSSR count). The zero-order chi connectivity index (χ0) is 19.1. The van der Waals surface area contributed by atoms with Crippen LogP contribution in [0.4, 0.5) is 0 Å². The van der Waals surface area contributed by atoms with Gasteiger partial charge in [0.2, 0.25) is 5.91 Å². The van der Waals surface area contributed by atoms with Crippen LogP contribution < -0.4 is 5.32 Å². The Kier molecular flexibility index (Phi) is 4.48. The number of ether oxygens (including phenoxy) is 1. The van der Waals surface area contributed by atoms with Crippen molar-refractivity contribution >= 4 is 5.91 Å². The zero-order valence-electron chi connectivity index (χ0n) is 16.4. The van der Waals surface area contributed by atoms with Crippen molar-refractivity contribution in [3.05, 3.63) is 48.3 Å². The second-order valence-electron chi connectivity index (χ2n) is 8.43. The topological polar surface area (TPSA) is 59.4 Å². The predicted molar refractivity (Wildman–Crippen MR) is 106 cm³/mol. The van der Waals surface area contributed by atoms with E-state index in [4.69, 9.17) is 4.74 Å². The lowest BCUT2D eigenvalue weighted by molar-refractivity contribution is -0.121. The van der Waals surface area contributed by atoms with E-state index in [0.717, 1.165) is 44.7 Å². The van der Waals surface area contributed by atoms with Crippen LogP contribution in [0.15, 0.2) is 42.6 Å². The fourth-order valence-corrected chi connectivity index (χ4v) is 5.52. The fourth-order valence-electron chi connectivity index (χ4n) is 5.52. The molecule has 3 fully saturated rings. The van der Waals surface area contributed by atoms with Crippen molar-refractivity contribution in [2.24, 2.45) is 11.8 Å². The minimum atomic E-state index is -0.0100. The Balaban J connectivity index is 1.30. The molecule has 4 atom stereocenters. The molecule has 148 valence electrons. The van der Waals surface area contributed by atoms with Crippen LogP contribution in [0.1, 0.15) is 31.9 Å². The number of amides is 1. The second-order valence-corrected chi connectivity index (χ2v) is 8.43. The van der Waals surface area contributed by atoms with Crippen molar-refractivity contribution in [1.29, 1.82) is 0 Å². The van der Waals surface area contributed by atoms with Gasteiger partial charge in [-0.2, -0.15) is 5.10 Å². The zero-order valence-corrected chi connectivity index (χ0v) is 16.4. The summed E-state index contributed by atoms with van der Waals surface area (Å²) in [4.78, 5) is 14.3. The summed E-state index contributed by atoms with van der Waals surface area (Å²) in [5.41, 5.74) is 2.29. The number of hydrogen-bond acceptors (Lipinski definition) is 4. The number of likely N-dealkylation sites (tertiary alicyclic amines) is 1. The van der Waals surface area contributed by atoms with E-state index >= 15 is 0 Å². The van der Waals surface area contributed by atoms with Crippen molar-refractivity contribution in [2.45, 2.75) is 44.4 Å². The highest BCUT2D eigenvalue weighted by Crippen LogP contribution is 2.54. The van der Waals surface area contributed by atoms with E-state index in [1.54, 1.807) is 0 Å². The van der Waals surface area contributed by atoms with Gasteiger partial charge in [0.1, 0.15) is 0 Å². The smallest absolute Gasteiger partial charge is 0.219 e. The van der Waals surface area contributed by atoms with Crippen molar-refractivity contribution in [3.63, 3.8) is 0 Å².